The first-order chi connectivity index (χ1) is 25.8. The maximum Gasteiger partial charge on any atom is 0.0621 e. The van der Waals surface area contributed by atoms with Crippen molar-refractivity contribution in [1.29, 1.82) is 0 Å². The number of hydrogen-bond acceptors (Lipinski definition) is 1. The van der Waals surface area contributed by atoms with Gasteiger partial charge in [-0.2, -0.15) is 0 Å². The quantitative estimate of drug-likeness (QED) is 0.175. The van der Waals surface area contributed by atoms with Crippen LogP contribution in [0.2, 0.25) is 0 Å². The van der Waals surface area contributed by atoms with Crippen molar-refractivity contribution in [1.82, 2.24) is 4.57 Å². The summed E-state index contributed by atoms with van der Waals surface area (Å²) < 4.78 is 2.43. The highest BCUT2D eigenvalue weighted by Crippen LogP contribution is 2.46. The molecule has 1 N–H and O–H groups in total. The fraction of sp³-hybridized carbons (Fsp3) is 0. The summed E-state index contributed by atoms with van der Waals surface area (Å²) in [7, 11) is 0. The van der Waals surface area contributed by atoms with Crippen LogP contribution < -0.4 is 5.32 Å². The van der Waals surface area contributed by atoms with Crippen LogP contribution in [0, 0.1) is 0 Å². The van der Waals surface area contributed by atoms with Crippen molar-refractivity contribution in [2.75, 3.05) is 5.32 Å². The topological polar surface area (TPSA) is 17.0 Å². The largest absolute Gasteiger partial charge is 0.355 e. The molecule has 10 aromatic rings. The number of benzene rings is 9. The zero-order valence-electron chi connectivity index (χ0n) is 28.5. The Labute approximate surface area is 302 Å². The second kappa shape index (κ2) is 12.5. The molecule has 0 fully saturated rings. The first-order valence-electron chi connectivity index (χ1n) is 17.9. The van der Waals surface area contributed by atoms with Crippen molar-refractivity contribution in [3.63, 3.8) is 0 Å². The SMILES string of the molecule is c1ccc(Nc2cc(-c3ccc4c(-c5ccccc5)c5ccccc5c(-c5ccccc5)c4c3)c3c(c2)c2ccccc2n3-c2ccccc2)cc1. The van der Waals surface area contributed by atoms with E-state index in [0.29, 0.717) is 0 Å². The van der Waals surface area contributed by atoms with E-state index < -0.39 is 0 Å². The van der Waals surface area contributed by atoms with Gasteiger partial charge in [0.2, 0.25) is 0 Å². The normalized spacial score (nSPS) is 11.5. The second-order valence-electron chi connectivity index (χ2n) is 13.4. The minimum Gasteiger partial charge on any atom is -0.355 e. The van der Waals surface area contributed by atoms with Gasteiger partial charge < -0.3 is 9.88 Å². The van der Waals surface area contributed by atoms with Crippen molar-refractivity contribution in [2.45, 2.75) is 0 Å². The zero-order valence-corrected chi connectivity index (χ0v) is 28.5. The van der Waals surface area contributed by atoms with E-state index in [1.54, 1.807) is 0 Å². The van der Waals surface area contributed by atoms with Gasteiger partial charge in [-0.3, -0.25) is 0 Å². The lowest BCUT2D eigenvalue weighted by molar-refractivity contribution is 1.18. The minimum absolute atomic E-state index is 1.05. The van der Waals surface area contributed by atoms with Gasteiger partial charge in [-0.05, 0) is 97.9 Å². The Kier molecular flexibility index (Phi) is 7.18. The molecule has 2 heteroatoms. The van der Waals surface area contributed by atoms with Crippen molar-refractivity contribution in [3.8, 4) is 39.1 Å². The Morgan fingerprint density at radius 1 is 0.327 bits per heavy atom. The van der Waals surface area contributed by atoms with Crippen molar-refractivity contribution < 1.29 is 0 Å². The molecule has 1 aromatic heterocycles. The Hall–Kier alpha value is -6.90. The van der Waals surface area contributed by atoms with Gasteiger partial charge >= 0.3 is 0 Å². The number of nitrogens with zero attached hydrogens (tertiary/aromatic N) is 1. The summed E-state index contributed by atoms with van der Waals surface area (Å²) in [5.74, 6) is 0. The molecule has 0 spiro atoms. The summed E-state index contributed by atoms with van der Waals surface area (Å²) in [5.41, 5.74) is 12.9. The fourth-order valence-corrected chi connectivity index (χ4v) is 8.10. The van der Waals surface area contributed by atoms with Gasteiger partial charge in [-0.15, -0.1) is 0 Å². The number of hydrogen-bond donors (Lipinski definition) is 1. The first kappa shape index (κ1) is 30.0. The molecule has 1 heterocycles. The van der Waals surface area contributed by atoms with Gasteiger partial charge in [-0.25, -0.2) is 0 Å². The van der Waals surface area contributed by atoms with Crippen LogP contribution in [0.15, 0.2) is 200 Å². The van der Waals surface area contributed by atoms with Gasteiger partial charge in [-0.1, -0.05) is 152 Å². The standard InChI is InChI=1S/C50H34N2/c1-5-17-34(18-6-1)48-41-26-13-14-27-42(41)49(35-19-7-2-8-20-35)45-31-36(29-30-43(45)48)44-32-38(51-37-21-9-3-10-22-37)33-46-40-25-15-16-28-47(40)52(50(44)46)39-23-11-4-12-24-39/h1-33,51H. The average molecular weight is 663 g/mol. The maximum atomic E-state index is 3.74. The van der Waals surface area contributed by atoms with E-state index in [-0.39, 0.29) is 0 Å². The second-order valence-corrected chi connectivity index (χ2v) is 13.4. The predicted octanol–water partition coefficient (Wildman–Crippen LogP) is 13.8. The highest BCUT2D eigenvalue weighted by atomic mass is 15.0. The van der Waals surface area contributed by atoms with Crippen LogP contribution in [0.4, 0.5) is 11.4 Å². The van der Waals surface area contributed by atoms with E-state index in [4.69, 9.17) is 0 Å². The van der Waals surface area contributed by atoms with E-state index in [1.165, 1.54) is 76.7 Å². The molecule has 9 aromatic carbocycles. The van der Waals surface area contributed by atoms with E-state index in [1.807, 2.05) is 0 Å². The van der Waals surface area contributed by atoms with Gasteiger partial charge in [0.25, 0.3) is 0 Å². The Bertz CT molecular complexity index is 2890. The summed E-state index contributed by atoms with van der Waals surface area (Å²) in [6, 6.07) is 72.3. The first-order valence-corrected chi connectivity index (χ1v) is 17.9. The third-order valence-corrected chi connectivity index (χ3v) is 10.3. The molecule has 0 aliphatic heterocycles. The summed E-state index contributed by atoms with van der Waals surface area (Å²) in [5, 5.41) is 11.2. The molecule has 0 aliphatic rings. The molecule has 0 aliphatic carbocycles. The molecule has 0 unspecified atom stereocenters. The van der Waals surface area contributed by atoms with Crippen LogP contribution >= 0.6 is 0 Å². The summed E-state index contributed by atoms with van der Waals surface area (Å²) in [6.07, 6.45) is 0. The van der Waals surface area contributed by atoms with Gasteiger partial charge in [0.15, 0.2) is 0 Å². The third kappa shape index (κ3) is 4.96. The molecule has 0 amide bonds. The molecular formula is C50H34N2. The average Bonchev–Trinajstić information content (AvgIpc) is 3.55. The monoisotopic (exact) mass is 662 g/mol. The molecule has 0 saturated carbocycles. The van der Waals surface area contributed by atoms with Crippen LogP contribution in [0.1, 0.15) is 0 Å². The van der Waals surface area contributed by atoms with Crippen molar-refractivity contribution >= 4 is 54.7 Å². The Morgan fingerprint density at radius 3 is 1.50 bits per heavy atom. The van der Waals surface area contributed by atoms with Gasteiger partial charge in [0.05, 0.1) is 11.0 Å². The van der Waals surface area contributed by atoms with Crippen LogP contribution in [-0.4, -0.2) is 4.57 Å². The fourth-order valence-electron chi connectivity index (χ4n) is 8.10. The van der Waals surface area contributed by atoms with E-state index in [9.17, 15) is 0 Å². The lowest BCUT2D eigenvalue weighted by Crippen LogP contribution is -1.97. The smallest absolute Gasteiger partial charge is 0.0621 e. The molecule has 0 radical (unpaired) electrons. The van der Waals surface area contributed by atoms with E-state index in [0.717, 1.165) is 17.1 Å². The van der Waals surface area contributed by atoms with Crippen LogP contribution in [0.25, 0.3) is 82.4 Å². The molecule has 244 valence electrons. The minimum atomic E-state index is 1.05. The lowest BCUT2D eigenvalue weighted by Gasteiger charge is -2.19. The number of nitrogens with one attached hydrogen (secondary N) is 1. The van der Waals surface area contributed by atoms with Crippen molar-refractivity contribution in [3.05, 3.63) is 200 Å². The maximum absolute atomic E-state index is 3.74. The highest BCUT2D eigenvalue weighted by molar-refractivity contribution is 6.23. The Balaban J connectivity index is 1.34. The molecule has 10 rings (SSSR count). The number of aromatic nitrogens is 1. The number of fused-ring (bicyclic) bond motifs is 5. The number of anilines is 2. The van der Waals surface area contributed by atoms with Crippen molar-refractivity contribution in [2.24, 2.45) is 0 Å². The predicted molar refractivity (Wildman–Crippen MR) is 222 cm³/mol. The van der Waals surface area contributed by atoms with E-state index >= 15 is 0 Å². The lowest BCUT2D eigenvalue weighted by atomic mass is 9.84. The highest BCUT2D eigenvalue weighted by Gasteiger charge is 2.21. The van der Waals surface area contributed by atoms with Gasteiger partial charge in [0, 0.05) is 33.4 Å². The van der Waals surface area contributed by atoms with E-state index in [2.05, 4.69) is 210 Å². The molecule has 0 atom stereocenters. The third-order valence-electron chi connectivity index (χ3n) is 10.3. The molecule has 0 bridgehead atoms. The van der Waals surface area contributed by atoms with Crippen LogP contribution in [0.3, 0.4) is 0 Å². The molecule has 0 saturated heterocycles. The number of rotatable bonds is 6. The summed E-state index contributed by atoms with van der Waals surface area (Å²) in [4.78, 5) is 0. The Morgan fingerprint density at radius 2 is 0.846 bits per heavy atom. The summed E-state index contributed by atoms with van der Waals surface area (Å²) in [6.45, 7) is 0. The van der Waals surface area contributed by atoms with Gasteiger partial charge in [0.1, 0.15) is 0 Å². The zero-order chi connectivity index (χ0) is 34.4. The van der Waals surface area contributed by atoms with Crippen LogP contribution in [-0.2, 0) is 0 Å². The number of para-hydroxylation sites is 3. The summed E-state index contributed by atoms with van der Waals surface area (Å²) >= 11 is 0. The van der Waals surface area contributed by atoms with Crippen LogP contribution in [0.5, 0.6) is 0 Å². The molecule has 52 heavy (non-hydrogen) atoms. The molecular weight excluding hydrogens is 629 g/mol. The molecule has 2 nitrogen and oxygen atoms in total.